The van der Waals surface area contributed by atoms with E-state index in [0.29, 0.717) is 10.1 Å². The van der Waals surface area contributed by atoms with Crippen LogP contribution in [-0.4, -0.2) is 5.11 Å². The van der Waals surface area contributed by atoms with Gasteiger partial charge in [0.2, 0.25) is 0 Å². The molecule has 2 aromatic carbocycles. The highest BCUT2D eigenvalue weighted by Crippen LogP contribution is 2.22. The maximum Gasteiger partial charge on any atom is 0.171 e. The van der Waals surface area contributed by atoms with Gasteiger partial charge in [0.25, 0.3) is 0 Å². The molecule has 0 saturated carbocycles. The second-order valence-electron chi connectivity index (χ2n) is 4.35. The Hall–Kier alpha value is -1.29. The van der Waals surface area contributed by atoms with Crippen molar-refractivity contribution in [1.82, 2.24) is 5.32 Å². The molecule has 0 spiro atoms. The van der Waals surface area contributed by atoms with Crippen molar-refractivity contribution < 1.29 is 0 Å². The molecule has 0 aliphatic heterocycles. The van der Waals surface area contributed by atoms with Crippen molar-refractivity contribution in [1.29, 1.82) is 0 Å². The predicted molar refractivity (Wildman–Crippen MR) is 90.7 cm³/mol. The Morgan fingerprint density at radius 1 is 1.05 bits per heavy atom. The molecule has 0 heterocycles. The van der Waals surface area contributed by atoms with Gasteiger partial charge in [-0.05, 0) is 55.0 Å². The molecule has 0 aliphatic carbocycles. The van der Waals surface area contributed by atoms with Crippen molar-refractivity contribution in [2.24, 2.45) is 0 Å². The second-order valence-corrected chi connectivity index (χ2v) is 5.60. The Morgan fingerprint density at radius 3 is 2.35 bits per heavy atom. The summed E-state index contributed by atoms with van der Waals surface area (Å²) in [5.74, 6) is 0. The zero-order valence-electron chi connectivity index (χ0n) is 10.9. The van der Waals surface area contributed by atoms with Crippen LogP contribution in [0.5, 0.6) is 0 Å². The Balaban J connectivity index is 1.98. The standard InChI is InChI=1S/C15H14Cl2N2S/c1-10(13-4-2-3-5-14(13)17)18-15(20)19-12-8-6-11(16)7-9-12/h2-10H,1H3,(H2,18,19,20)/t10-/m0/s1. The summed E-state index contributed by atoms with van der Waals surface area (Å²) < 4.78 is 0. The molecule has 0 radical (unpaired) electrons. The fraction of sp³-hybridized carbons (Fsp3) is 0.133. The Morgan fingerprint density at radius 2 is 1.70 bits per heavy atom. The van der Waals surface area contributed by atoms with Gasteiger partial charge in [0.1, 0.15) is 0 Å². The zero-order chi connectivity index (χ0) is 14.5. The van der Waals surface area contributed by atoms with Gasteiger partial charge in [-0.3, -0.25) is 0 Å². The first-order chi connectivity index (χ1) is 9.56. The molecule has 1 atom stereocenters. The maximum absolute atomic E-state index is 6.16. The lowest BCUT2D eigenvalue weighted by molar-refractivity contribution is 0.723. The zero-order valence-corrected chi connectivity index (χ0v) is 13.2. The van der Waals surface area contributed by atoms with Crippen molar-refractivity contribution in [3.63, 3.8) is 0 Å². The molecule has 2 aromatic rings. The van der Waals surface area contributed by atoms with Crippen LogP contribution in [0.25, 0.3) is 0 Å². The van der Waals surface area contributed by atoms with Crippen molar-refractivity contribution >= 4 is 46.2 Å². The minimum absolute atomic E-state index is 0.0241. The molecular formula is C15H14Cl2N2S. The molecular weight excluding hydrogens is 311 g/mol. The summed E-state index contributed by atoms with van der Waals surface area (Å²) in [6.45, 7) is 2.01. The summed E-state index contributed by atoms with van der Waals surface area (Å²) in [5, 5.41) is 8.27. The normalized spacial score (nSPS) is 11.8. The van der Waals surface area contributed by atoms with Gasteiger partial charge in [-0.25, -0.2) is 0 Å². The summed E-state index contributed by atoms with van der Waals surface area (Å²) >= 11 is 17.3. The van der Waals surface area contributed by atoms with E-state index in [0.717, 1.165) is 16.3 Å². The van der Waals surface area contributed by atoms with Crippen molar-refractivity contribution in [2.45, 2.75) is 13.0 Å². The highest BCUT2D eigenvalue weighted by molar-refractivity contribution is 7.80. The molecule has 2 nitrogen and oxygen atoms in total. The first-order valence-corrected chi connectivity index (χ1v) is 7.30. The van der Waals surface area contributed by atoms with Gasteiger partial charge >= 0.3 is 0 Å². The average molecular weight is 325 g/mol. The lowest BCUT2D eigenvalue weighted by Crippen LogP contribution is -2.31. The van der Waals surface area contributed by atoms with E-state index in [9.17, 15) is 0 Å². The van der Waals surface area contributed by atoms with Gasteiger partial charge < -0.3 is 10.6 Å². The lowest BCUT2D eigenvalue weighted by atomic mass is 10.1. The summed E-state index contributed by atoms with van der Waals surface area (Å²) in [4.78, 5) is 0. The van der Waals surface area contributed by atoms with Gasteiger partial charge in [0.15, 0.2) is 5.11 Å². The van der Waals surface area contributed by atoms with Crippen molar-refractivity contribution in [2.75, 3.05) is 5.32 Å². The topological polar surface area (TPSA) is 24.1 Å². The number of thiocarbonyl (C=S) groups is 1. The first-order valence-electron chi connectivity index (χ1n) is 6.14. The molecule has 0 saturated heterocycles. The minimum atomic E-state index is 0.0241. The van der Waals surface area contributed by atoms with Gasteiger partial charge in [-0.2, -0.15) is 0 Å². The van der Waals surface area contributed by atoms with E-state index in [4.69, 9.17) is 35.4 Å². The average Bonchev–Trinajstić information content (AvgIpc) is 2.41. The monoisotopic (exact) mass is 324 g/mol. The van der Waals surface area contributed by atoms with Crippen LogP contribution in [0, 0.1) is 0 Å². The molecule has 0 amide bonds. The Labute approximate surface area is 134 Å². The number of hydrogen-bond donors (Lipinski definition) is 2. The molecule has 2 N–H and O–H groups in total. The molecule has 20 heavy (non-hydrogen) atoms. The third-order valence-corrected chi connectivity index (χ3v) is 3.64. The predicted octanol–water partition coefficient (Wildman–Crippen LogP) is 5.04. The summed E-state index contributed by atoms with van der Waals surface area (Å²) in [5.41, 5.74) is 1.90. The number of nitrogens with one attached hydrogen (secondary N) is 2. The number of rotatable bonds is 3. The molecule has 0 bridgehead atoms. The largest absolute Gasteiger partial charge is 0.356 e. The SMILES string of the molecule is C[C@H](NC(=S)Nc1ccc(Cl)cc1)c1ccccc1Cl. The van der Waals surface area contributed by atoms with Gasteiger partial charge in [0, 0.05) is 15.7 Å². The van der Waals surface area contributed by atoms with E-state index in [-0.39, 0.29) is 6.04 Å². The lowest BCUT2D eigenvalue weighted by Gasteiger charge is -2.18. The summed E-state index contributed by atoms with van der Waals surface area (Å²) in [6, 6.07) is 15.1. The van der Waals surface area contributed by atoms with E-state index in [1.165, 1.54) is 0 Å². The van der Waals surface area contributed by atoms with E-state index >= 15 is 0 Å². The molecule has 0 aromatic heterocycles. The van der Waals surface area contributed by atoms with Crippen molar-refractivity contribution in [3.05, 3.63) is 64.1 Å². The molecule has 2 rings (SSSR count). The quantitative estimate of drug-likeness (QED) is 0.773. The third-order valence-electron chi connectivity index (χ3n) is 2.82. The maximum atomic E-state index is 6.16. The van der Waals surface area contributed by atoms with E-state index in [1.807, 2.05) is 55.5 Å². The minimum Gasteiger partial charge on any atom is -0.356 e. The highest BCUT2D eigenvalue weighted by atomic mass is 35.5. The van der Waals surface area contributed by atoms with Crippen LogP contribution in [0.1, 0.15) is 18.5 Å². The van der Waals surface area contributed by atoms with Gasteiger partial charge in [0.05, 0.1) is 6.04 Å². The first kappa shape index (κ1) is 15.1. The number of hydrogen-bond acceptors (Lipinski definition) is 1. The van der Waals surface area contributed by atoms with Crippen LogP contribution in [0.15, 0.2) is 48.5 Å². The van der Waals surface area contributed by atoms with E-state index in [1.54, 1.807) is 0 Å². The van der Waals surface area contributed by atoms with E-state index < -0.39 is 0 Å². The summed E-state index contributed by atoms with van der Waals surface area (Å²) in [7, 11) is 0. The fourth-order valence-corrected chi connectivity index (χ4v) is 2.52. The van der Waals surface area contributed by atoms with Crippen LogP contribution in [0.4, 0.5) is 5.69 Å². The van der Waals surface area contributed by atoms with Crippen LogP contribution >= 0.6 is 35.4 Å². The number of halogens is 2. The molecule has 0 unspecified atom stereocenters. The Kier molecular flexibility index (Phi) is 5.24. The number of benzene rings is 2. The van der Waals surface area contributed by atoms with Crippen LogP contribution in [0.2, 0.25) is 10.0 Å². The van der Waals surface area contributed by atoms with Crippen LogP contribution in [-0.2, 0) is 0 Å². The Bertz CT molecular complexity index is 599. The highest BCUT2D eigenvalue weighted by Gasteiger charge is 2.10. The van der Waals surface area contributed by atoms with Gasteiger partial charge in [-0.15, -0.1) is 0 Å². The summed E-state index contributed by atoms with van der Waals surface area (Å²) in [6.07, 6.45) is 0. The smallest absolute Gasteiger partial charge is 0.171 e. The molecule has 5 heteroatoms. The molecule has 0 aliphatic rings. The van der Waals surface area contributed by atoms with E-state index in [2.05, 4.69) is 10.6 Å². The fourth-order valence-electron chi connectivity index (χ4n) is 1.80. The molecule has 0 fully saturated rings. The van der Waals surface area contributed by atoms with Crippen LogP contribution < -0.4 is 10.6 Å². The second kappa shape index (κ2) is 6.93. The van der Waals surface area contributed by atoms with Crippen LogP contribution in [0.3, 0.4) is 0 Å². The van der Waals surface area contributed by atoms with Gasteiger partial charge in [-0.1, -0.05) is 41.4 Å². The number of anilines is 1. The van der Waals surface area contributed by atoms with Crippen molar-refractivity contribution in [3.8, 4) is 0 Å². The third kappa shape index (κ3) is 4.10. The molecule has 104 valence electrons.